The fourth-order valence-electron chi connectivity index (χ4n) is 4.19. The summed E-state index contributed by atoms with van der Waals surface area (Å²) < 4.78 is 31.5. The second kappa shape index (κ2) is 8.27. The van der Waals surface area contributed by atoms with E-state index in [1.165, 1.54) is 12.1 Å². The molecule has 2 fully saturated rings. The zero-order valence-corrected chi connectivity index (χ0v) is 18.4. The van der Waals surface area contributed by atoms with E-state index in [0.717, 1.165) is 18.4 Å². The molecule has 2 aliphatic heterocycles. The van der Waals surface area contributed by atoms with Crippen LogP contribution in [0.1, 0.15) is 72.2 Å². The monoisotopic (exact) mass is 405 g/mol. The van der Waals surface area contributed by atoms with Crippen molar-refractivity contribution < 1.29 is 23.2 Å². The summed E-state index contributed by atoms with van der Waals surface area (Å²) in [7, 11) is -0.444. The Bertz CT molecular complexity index is 719. The number of rotatable bonds is 4. The highest BCUT2D eigenvalue weighted by Crippen LogP contribution is 2.37. The maximum absolute atomic E-state index is 13.5. The molecule has 29 heavy (non-hydrogen) atoms. The summed E-state index contributed by atoms with van der Waals surface area (Å²) in [4.78, 5) is 14.3. The number of carbonyl (C=O) groups excluding carboxylic acids is 1. The summed E-state index contributed by atoms with van der Waals surface area (Å²) in [6.45, 7) is 12.5. The standard InChI is InChI=1S/C22H33BFNO4/c1-15-14-22(5,6)29-23(28-15)19(16-7-9-17(24)10-8-16)13-18-11-12-25(18)20(26)27-21(2,3)4/h7-10,15,18-19H,11-14H2,1-6H3. The van der Waals surface area contributed by atoms with E-state index in [0.29, 0.717) is 13.0 Å². The predicted molar refractivity (Wildman–Crippen MR) is 111 cm³/mol. The van der Waals surface area contributed by atoms with E-state index in [-0.39, 0.29) is 35.5 Å². The van der Waals surface area contributed by atoms with Crippen molar-refractivity contribution in [2.24, 2.45) is 0 Å². The van der Waals surface area contributed by atoms with Crippen molar-refractivity contribution in [2.75, 3.05) is 6.54 Å². The van der Waals surface area contributed by atoms with E-state index in [2.05, 4.69) is 20.8 Å². The van der Waals surface area contributed by atoms with Gasteiger partial charge in [0.15, 0.2) is 0 Å². The fourth-order valence-corrected chi connectivity index (χ4v) is 4.19. The van der Waals surface area contributed by atoms with Crippen LogP contribution in [0, 0.1) is 5.82 Å². The molecule has 160 valence electrons. The molecule has 2 heterocycles. The Labute approximate surface area is 174 Å². The molecular weight excluding hydrogens is 372 g/mol. The second-order valence-electron chi connectivity index (χ2n) is 9.91. The molecule has 0 radical (unpaired) electrons. The first-order valence-electron chi connectivity index (χ1n) is 10.5. The first kappa shape index (κ1) is 22.1. The van der Waals surface area contributed by atoms with Gasteiger partial charge in [-0.25, -0.2) is 9.18 Å². The van der Waals surface area contributed by atoms with E-state index in [1.807, 2.05) is 20.8 Å². The minimum Gasteiger partial charge on any atom is -0.444 e. The SMILES string of the molecule is CC1CC(C)(C)OB(C(CC2CCN2C(=O)OC(C)(C)C)c2ccc(F)cc2)O1. The Kier molecular flexibility index (Phi) is 6.30. The van der Waals surface area contributed by atoms with Crippen LogP contribution >= 0.6 is 0 Å². The average molecular weight is 405 g/mol. The molecular formula is C22H33BFNO4. The number of benzene rings is 1. The van der Waals surface area contributed by atoms with Crippen molar-refractivity contribution >= 4 is 13.2 Å². The fraction of sp³-hybridized carbons (Fsp3) is 0.682. The summed E-state index contributed by atoms with van der Waals surface area (Å²) >= 11 is 0. The molecule has 1 amide bonds. The number of hydrogen-bond donors (Lipinski definition) is 0. The molecule has 0 aliphatic carbocycles. The normalized spacial score (nSPS) is 25.3. The molecule has 3 rings (SSSR count). The van der Waals surface area contributed by atoms with Gasteiger partial charge in [0.05, 0.1) is 5.60 Å². The molecule has 3 atom stereocenters. The van der Waals surface area contributed by atoms with Crippen LogP contribution in [0.2, 0.25) is 0 Å². The molecule has 0 saturated carbocycles. The Morgan fingerprint density at radius 2 is 2.00 bits per heavy atom. The van der Waals surface area contributed by atoms with Gasteiger partial charge in [-0.2, -0.15) is 0 Å². The highest BCUT2D eigenvalue weighted by molar-refractivity contribution is 6.47. The lowest BCUT2D eigenvalue weighted by Crippen LogP contribution is -2.55. The van der Waals surface area contributed by atoms with Gasteiger partial charge < -0.3 is 18.9 Å². The number of halogens is 1. The zero-order chi connectivity index (χ0) is 21.4. The largest absolute Gasteiger partial charge is 0.465 e. The van der Waals surface area contributed by atoms with Crippen LogP contribution in [0.4, 0.5) is 9.18 Å². The van der Waals surface area contributed by atoms with Gasteiger partial charge in [0.25, 0.3) is 0 Å². The second-order valence-corrected chi connectivity index (χ2v) is 9.91. The Balaban J connectivity index is 1.79. The van der Waals surface area contributed by atoms with Gasteiger partial charge in [0.2, 0.25) is 0 Å². The number of carbonyl (C=O) groups is 1. The number of amides is 1. The first-order chi connectivity index (χ1) is 13.4. The average Bonchev–Trinajstić information content (AvgIpc) is 2.52. The highest BCUT2D eigenvalue weighted by Gasteiger charge is 2.46. The molecule has 5 nitrogen and oxygen atoms in total. The van der Waals surface area contributed by atoms with Crippen LogP contribution in [-0.4, -0.2) is 48.0 Å². The van der Waals surface area contributed by atoms with Crippen LogP contribution < -0.4 is 0 Å². The van der Waals surface area contributed by atoms with Gasteiger partial charge in [-0.3, -0.25) is 0 Å². The highest BCUT2D eigenvalue weighted by atomic mass is 19.1. The topological polar surface area (TPSA) is 48.0 Å². The lowest BCUT2D eigenvalue weighted by Gasteiger charge is -2.45. The summed E-state index contributed by atoms with van der Waals surface area (Å²) in [5, 5.41) is 0. The molecule has 1 aromatic rings. The minimum atomic E-state index is -0.525. The van der Waals surface area contributed by atoms with Crippen molar-refractivity contribution in [2.45, 2.75) is 90.0 Å². The van der Waals surface area contributed by atoms with E-state index in [9.17, 15) is 9.18 Å². The molecule has 2 aliphatic rings. The van der Waals surface area contributed by atoms with Crippen molar-refractivity contribution in [3.05, 3.63) is 35.6 Å². The van der Waals surface area contributed by atoms with Crippen molar-refractivity contribution in [3.63, 3.8) is 0 Å². The lowest BCUT2D eigenvalue weighted by molar-refractivity contribution is -0.0366. The summed E-state index contributed by atoms with van der Waals surface area (Å²) in [5.74, 6) is -0.376. The molecule has 2 saturated heterocycles. The van der Waals surface area contributed by atoms with Crippen molar-refractivity contribution in [1.82, 2.24) is 4.90 Å². The smallest absolute Gasteiger partial charge is 0.444 e. The third kappa shape index (κ3) is 5.73. The number of nitrogens with zero attached hydrogens (tertiary/aromatic N) is 1. The van der Waals surface area contributed by atoms with Crippen LogP contribution in [0.3, 0.4) is 0 Å². The maximum atomic E-state index is 13.5. The third-order valence-electron chi connectivity index (χ3n) is 5.51. The van der Waals surface area contributed by atoms with Gasteiger partial charge in [-0.15, -0.1) is 0 Å². The van der Waals surface area contributed by atoms with E-state index in [4.69, 9.17) is 14.0 Å². The van der Waals surface area contributed by atoms with Crippen LogP contribution in [0.15, 0.2) is 24.3 Å². The molecule has 0 aromatic heterocycles. The van der Waals surface area contributed by atoms with Crippen molar-refractivity contribution in [3.8, 4) is 0 Å². The van der Waals surface area contributed by atoms with E-state index < -0.39 is 12.7 Å². The number of likely N-dealkylation sites (tertiary alicyclic amines) is 1. The number of hydrogen-bond acceptors (Lipinski definition) is 4. The van der Waals surface area contributed by atoms with Gasteiger partial charge in [-0.1, -0.05) is 12.1 Å². The summed E-state index contributed by atoms with van der Waals surface area (Å²) in [6.07, 6.45) is 2.18. The third-order valence-corrected chi connectivity index (χ3v) is 5.51. The summed E-state index contributed by atoms with van der Waals surface area (Å²) in [5.41, 5.74) is 0.130. The van der Waals surface area contributed by atoms with Crippen LogP contribution in [0.25, 0.3) is 0 Å². The molecule has 0 bridgehead atoms. The van der Waals surface area contributed by atoms with Gasteiger partial charge in [0.1, 0.15) is 11.4 Å². The molecule has 1 aromatic carbocycles. The zero-order valence-electron chi connectivity index (χ0n) is 18.4. The van der Waals surface area contributed by atoms with E-state index in [1.54, 1.807) is 17.0 Å². The summed E-state index contributed by atoms with van der Waals surface area (Å²) in [6, 6.07) is 6.55. The maximum Gasteiger partial charge on any atom is 0.465 e. The Morgan fingerprint density at radius 3 is 2.52 bits per heavy atom. The molecule has 0 spiro atoms. The van der Waals surface area contributed by atoms with Crippen LogP contribution in [-0.2, 0) is 14.0 Å². The number of ether oxygens (including phenoxy) is 1. The van der Waals surface area contributed by atoms with Gasteiger partial charge in [-0.05, 0) is 78.5 Å². The van der Waals surface area contributed by atoms with Crippen molar-refractivity contribution in [1.29, 1.82) is 0 Å². The lowest BCUT2D eigenvalue weighted by atomic mass is 9.62. The molecule has 3 unspecified atom stereocenters. The quantitative estimate of drug-likeness (QED) is 0.666. The van der Waals surface area contributed by atoms with Gasteiger partial charge >= 0.3 is 13.2 Å². The first-order valence-corrected chi connectivity index (χ1v) is 10.5. The minimum absolute atomic E-state index is 0.0486. The van der Waals surface area contributed by atoms with Gasteiger partial charge in [0, 0.05) is 24.5 Å². The Hall–Kier alpha value is -1.60. The van der Waals surface area contributed by atoms with E-state index >= 15 is 0 Å². The predicted octanol–water partition coefficient (Wildman–Crippen LogP) is 4.94. The van der Waals surface area contributed by atoms with Crippen LogP contribution in [0.5, 0.6) is 0 Å². The molecule has 0 N–H and O–H groups in total. The Morgan fingerprint density at radius 1 is 1.34 bits per heavy atom. The molecule has 7 heteroatoms.